The monoisotopic (exact) mass is 316 g/mol. The molecule has 0 amide bonds. The Morgan fingerprint density at radius 3 is 2.86 bits per heavy atom. The topological polar surface area (TPSA) is 17.1 Å². The molecule has 0 N–H and O–H groups in total. The molecule has 2 aromatic rings. The fourth-order valence-electron chi connectivity index (χ4n) is 1.53. The van der Waals surface area contributed by atoms with E-state index in [0.717, 1.165) is 23.8 Å². The largest absolute Gasteiger partial charge is 0.298 e. The summed E-state index contributed by atoms with van der Waals surface area (Å²) >= 11 is 4.04. The first-order valence-corrected chi connectivity index (χ1v) is 6.31. The van der Waals surface area contributed by atoms with Gasteiger partial charge in [-0.05, 0) is 58.2 Å². The molecule has 0 fully saturated rings. The lowest BCUT2D eigenvalue weighted by atomic mass is 10.0. The lowest BCUT2D eigenvalue weighted by molar-refractivity contribution is 0.112. The third kappa shape index (κ3) is 1.70. The summed E-state index contributed by atoms with van der Waals surface area (Å²) < 4.78 is 2.47. The number of fused-ring (bicyclic) bond motifs is 1. The van der Waals surface area contributed by atoms with Crippen molar-refractivity contribution in [1.82, 2.24) is 0 Å². The number of hydrogen-bond donors (Lipinski definition) is 0. The zero-order chi connectivity index (χ0) is 10.1. The number of aryl methyl sites for hydroxylation is 1. The molecule has 3 heteroatoms. The Morgan fingerprint density at radius 2 is 2.21 bits per heavy atom. The van der Waals surface area contributed by atoms with Gasteiger partial charge in [0.25, 0.3) is 0 Å². The maximum atomic E-state index is 10.8. The molecule has 1 aromatic carbocycles. The summed E-state index contributed by atoms with van der Waals surface area (Å²) in [5.41, 5.74) is 1.97. The summed E-state index contributed by atoms with van der Waals surface area (Å²) in [5.74, 6) is 0. The van der Waals surface area contributed by atoms with Crippen molar-refractivity contribution in [2.45, 2.75) is 13.3 Å². The van der Waals surface area contributed by atoms with Gasteiger partial charge in [0.1, 0.15) is 6.29 Å². The normalized spacial score (nSPS) is 10.7. The lowest BCUT2D eigenvalue weighted by Crippen LogP contribution is -1.89. The van der Waals surface area contributed by atoms with Gasteiger partial charge in [-0.2, -0.15) is 0 Å². The third-order valence-electron chi connectivity index (χ3n) is 2.26. The van der Waals surface area contributed by atoms with Crippen molar-refractivity contribution >= 4 is 50.3 Å². The van der Waals surface area contributed by atoms with Gasteiger partial charge >= 0.3 is 0 Å². The van der Waals surface area contributed by atoms with E-state index in [9.17, 15) is 4.79 Å². The van der Waals surface area contributed by atoms with Crippen LogP contribution in [0.3, 0.4) is 0 Å². The highest BCUT2D eigenvalue weighted by Crippen LogP contribution is 2.29. The molecule has 1 nitrogen and oxygen atoms in total. The molecule has 0 unspecified atom stereocenters. The maximum Gasteiger partial charge on any atom is 0.150 e. The minimum atomic E-state index is 0.832. The van der Waals surface area contributed by atoms with E-state index in [0.29, 0.717) is 0 Å². The Kier molecular flexibility index (Phi) is 2.88. The van der Waals surface area contributed by atoms with Gasteiger partial charge in [-0.25, -0.2) is 0 Å². The van der Waals surface area contributed by atoms with Crippen LogP contribution in [0.15, 0.2) is 18.2 Å². The summed E-state index contributed by atoms with van der Waals surface area (Å²) in [4.78, 5) is 10.8. The van der Waals surface area contributed by atoms with Crippen LogP contribution in [0.2, 0.25) is 0 Å². The van der Waals surface area contributed by atoms with Crippen LogP contribution in [0.4, 0.5) is 0 Å². The van der Waals surface area contributed by atoms with Crippen LogP contribution in [0.1, 0.15) is 22.8 Å². The second-order valence-electron chi connectivity index (χ2n) is 3.11. The summed E-state index contributed by atoms with van der Waals surface area (Å²) in [6.07, 6.45) is 1.86. The van der Waals surface area contributed by atoms with Crippen molar-refractivity contribution < 1.29 is 4.79 Å². The van der Waals surface area contributed by atoms with E-state index in [2.05, 4.69) is 41.6 Å². The highest BCUT2D eigenvalue weighted by molar-refractivity contribution is 14.1. The Balaban J connectivity index is 2.74. The lowest BCUT2D eigenvalue weighted by Gasteiger charge is -2.00. The van der Waals surface area contributed by atoms with Gasteiger partial charge in [0, 0.05) is 10.3 Å². The molecular weight excluding hydrogens is 307 g/mol. The molecule has 0 spiro atoms. The first-order chi connectivity index (χ1) is 6.74. The average Bonchev–Trinajstić information content (AvgIpc) is 2.54. The molecule has 0 saturated carbocycles. The number of thiophene rings is 1. The van der Waals surface area contributed by atoms with Gasteiger partial charge in [-0.1, -0.05) is 6.92 Å². The van der Waals surface area contributed by atoms with Crippen LogP contribution in [0.5, 0.6) is 0 Å². The predicted octanol–water partition coefficient (Wildman–Crippen LogP) is 3.88. The van der Waals surface area contributed by atoms with Gasteiger partial charge in [-0.15, -0.1) is 11.3 Å². The highest BCUT2D eigenvalue weighted by atomic mass is 127. The summed E-state index contributed by atoms with van der Waals surface area (Å²) in [6.45, 7) is 2.07. The van der Waals surface area contributed by atoms with E-state index in [1.165, 1.54) is 13.0 Å². The van der Waals surface area contributed by atoms with Crippen LogP contribution in [0.25, 0.3) is 10.1 Å². The van der Waals surface area contributed by atoms with Gasteiger partial charge in [0.05, 0.1) is 2.88 Å². The van der Waals surface area contributed by atoms with Crippen molar-refractivity contribution in [3.8, 4) is 0 Å². The smallest absolute Gasteiger partial charge is 0.150 e. The zero-order valence-corrected chi connectivity index (χ0v) is 10.7. The number of benzene rings is 1. The van der Waals surface area contributed by atoms with Crippen molar-refractivity contribution in [2.24, 2.45) is 0 Å². The van der Waals surface area contributed by atoms with Crippen molar-refractivity contribution in [3.05, 3.63) is 32.2 Å². The molecule has 1 heterocycles. The number of carbonyl (C=O) groups excluding carboxylic acids is 1. The summed E-state index contributed by atoms with van der Waals surface area (Å²) in [5, 5.41) is 1.25. The third-order valence-corrected chi connectivity index (χ3v) is 4.11. The molecule has 14 heavy (non-hydrogen) atoms. The molecule has 2 rings (SSSR count). The summed E-state index contributed by atoms with van der Waals surface area (Å²) in [6, 6.07) is 6.28. The van der Waals surface area contributed by atoms with E-state index in [1.54, 1.807) is 11.3 Å². The van der Waals surface area contributed by atoms with Crippen molar-refractivity contribution in [2.75, 3.05) is 0 Å². The maximum absolute atomic E-state index is 10.8. The molecule has 72 valence electrons. The average molecular weight is 316 g/mol. The predicted molar refractivity (Wildman–Crippen MR) is 69.3 cm³/mol. The molecule has 0 aliphatic heterocycles. The minimum Gasteiger partial charge on any atom is -0.298 e. The Morgan fingerprint density at radius 1 is 1.43 bits per heavy atom. The molecule has 0 saturated heterocycles. The highest BCUT2D eigenvalue weighted by Gasteiger charge is 2.05. The van der Waals surface area contributed by atoms with Crippen molar-refractivity contribution in [3.63, 3.8) is 0 Å². The number of aldehydes is 1. The minimum absolute atomic E-state index is 0.832. The van der Waals surface area contributed by atoms with E-state index < -0.39 is 0 Å². The van der Waals surface area contributed by atoms with Crippen LogP contribution in [0, 0.1) is 2.88 Å². The molecule has 0 bridgehead atoms. The second-order valence-corrected chi connectivity index (χ2v) is 6.09. The zero-order valence-electron chi connectivity index (χ0n) is 7.71. The second kappa shape index (κ2) is 3.98. The number of carbonyl (C=O) groups is 1. The van der Waals surface area contributed by atoms with E-state index in [4.69, 9.17) is 0 Å². The van der Waals surface area contributed by atoms with Crippen LogP contribution >= 0.6 is 33.9 Å². The Hall–Kier alpha value is -0.420. The SMILES string of the molecule is CCc1cc2cc(I)sc2cc1C=O. The summed E-state index contributed by atoms with van der Waals surface area (Å²) in [7, 11) is 0. The number of rotatable bonds is 2. The fraction of sp³-hybridized carbons (Fsp3) is 0.182. The van der Waals surface area contributed by atoms with Crippen molar-refractivity contribution in [1.29, 1.82) is 0 Å². The Labute approximate surface area is 100 Å². The van der Waals surface area contributed by atoms with E-state index in [-0.39, 0.29) is 0 Å². The molecule has 0 radical (unpaired) electrons. The van der Waals surface area contributed by atoms with E-state index >= 15 is 0 Å². The standard InChI is InChI=1S/C11H9IOS/c1-2-7-3-8-5-11(12)14-10(8)4-9(7)6-13/h3-6H,2H2,1H3. The van der Waals surface area contributed by atoms with Crippen LogP contribution in [-0.2, 0) is 6.42 Å². The number of halogens is 1. The van der Waals surface area contributed by atoms with Gasteiger partial charge < -0.3 is 0 Å². The molecule has 0 aliphatic rings. The molecule has 0 atom stereocenters. The molecular formula is C11H9IOS. The Bertz CT molecular complexity index is 487. The van der Waals surface area contributed by atoms with Gasteiger partial charge in [0.15, 0.2) is 0 Å². The van der Waals surface area contributed by atoms with Gasteiger partial charge in [0.2, 0.25) is 0 Å². The quantitative estimate of drug-likeness (QED) is 0.607. The fourth-order valence-corrected chi connectivity index (χ4v) is 3.40. The van der Waals surface area contributed by atoms with Gasteiger partial charge in [-0.3, -0.25) is 4.79 Å². The first kappa shape index (κ1) is 10.1. The number of hydrogen-bond acceptors (Lipinski definition) is 2. The van der Waals surface area contributed by atoms with Crippen LogP contribution < -0.4 is 0 Å². The molecule has 0 aliphatic carbocycles. The van der Waals surface area contributed by atoms with E-state index in [1.807, 2.05) is 6.07 Å². The van der Waals surface area contributed by atoms with Crippen LogP contribution in [-0.4, -0.2) is 6.29 Å². The first-order valence-electron chi connectivity index (χ1n) is 4.41. The molecule has 1 aromatic heterocycles.